The van der Waals surface area contributed by atoms with Gasteiger partial charge in [0.2, 0.25) is 5.88 Å². The minimum atomic E-state index is 0.0382. The van der Waals surface area contributed by atoms with E-state index >= 15 is 0 Å². The summed E-state index contributed by atoms with van der Waals surface area (Å²) in [6.07, 6.45) is 5.27. The van der Waals surface area contributed by atoms with Crippen molar-refractivity contribution in [3.8, 4) is 5.88 Å². The first-order chi connectivity index (χ1) is 7.78. The monoisotopic (exact) mass is 222 g/mol. The average molecular weight is 222 g/mol. The van der Waals surface area contributed by atoms with Crippen LogP contribution in [0.5, 0.6) is 5.88 Å². The lowest BCUT2D eigenvalue weighted by Gasteiger charge is -2.40. The molecule has 4 heteroatoms. The van der Waals surface area contributed by atoms with Crippen LogP contribution in [0.3, 0.4) is 0 Å². The Hall–Kier alpha value is -1.29. The quantitative estimate of drug-likeness (QED) is 0.828. The summed E-state index contributed by atoms with van der Waals surface area (Å²) < 4.78 is 10.6. The molecule has 1 aliphatic rings. The van der Waals surface area contributed by atoms with Crippen LogP contribution in [0.2, 0.25) is 0 Å². The molecule has 1 fully saturated rings. The minimum absolute atomic E-state index is 0.0382. The number of nitrogens with one attached hydrogen (secondary N) is 1. The summed E-state index contributed by atoms with van der Waals surface area (Å²) in [6, 6.07) is 3.83. The Kier molecular flexibility index (Phi) is 3.29. The van der Waals surface area contributed by atoms with Gasteiger partial charge < -0.3 is 14.8 Å². The van der Waals surface area contributed by atoms with Crippen molar-refractivity contribution >= 4 is 5.69 Å². The van der Waals surface area contributed by atoms with Crippen molar-refractivity contribution in [2.45, 2.75) is 24.9 Å². The normalized spacial score (nSPS) is 17.6. The van der Waals surface area contributed by atoms with Gasteiger partial charge in [-0.05, 0) is 25.3 Å². The fourth-order valence-corrected chi connectivity index (χ4v) is 1.92. The second-order valence-corrected chi connectivity index (χ2v) is 4.18. The van der Waals surface area contributed by atoms with E-state index in [1.165, 1.54) is 6.42 Å². The number of nitrogens with zero attached hydrogens (tertiary/aromatic N) is 1. The molecule has 0 unspecified atom stereocenters. The summed E-state index contributed by atoms with van der Waals surface area (Å²) in [5.74, 6) is 0.630. The van der Waals surface area contributed by atoms with Gasteiger partial charge in [-0.25, -0.2) is 4.98 Å². The van der Waals surface area contributed by atoms with Gasteiger partial charge in [0.1, 0.15) is 0 Å². The van der Waals surface area contributed by atoms with Crippen molar-refractivity contribution in [3.05, 3.63) is 18.3 Å². The smallest absolute Gasteiger partial charge is 0.214 e. The highest BCUT2D eigenvalue weighted by Gasteiger charge is 2.36. The molecule has 1 aliphatic carbocycles. The van der Waals surface area contributed by atoms with Crippen molar-refractivity contribution in [2.24, 2.45) is 0 Å². The number of ether oxygens (including phenoxy) is 2. The Bertz CT molecular complexity index is 345. The van der Waals surface area contributed by atoms with Crippen molar-refractivity contribution in [3.63, 3.8) is 0 Å². The van der Waals surface area contributed by atoms with Gasteiger partial charge in [0.05, 0.1) is 12.7 Å². The van der Waals surface area contributed by atoms with Crippen molar-refractivity contribution < 1.29 is 9.47 Å². The Morgan fingerprint density at radius 1 is 1.44 bits per heavy atom. The summed E-state index contributed by atoms with van der Waals surface area (Å²) in [4.78, 5) is 4.06. The molecule has 2 rings (SSSR count). The highest BCUT2D eigenvalue weighted by molar-refractivity contribution is 5.45. The number of rotatable bonds is 5. The Labute approximate surface area is 96.0 Å². The van der Waals surface area contributed by atoms with Crippen LogP contribution in [-0.2, 0) is 4.74 Å². The maximum Gasteiger partial charge on any atom is 0.214 e. The van der Waals surface area contributed by atoms with E-state index in [9.17, 15) is 0 Å². The molecular formula is C12H18N2O2. The van der Waals surface area contributed by atoms with Gasteiger partial charge in [-0.15, -0.1) is 0 Å². The highest BCUT2D eigenvalue weighted by atomic mass is 16.5. The van der Waals surface area contributed by atoms with Gasteiger partial charge in [0.25, 0.3) is 0 Å². The molecule has 0 aliphatic heterocycles. The molecular weight excluding hydrogens is 204 g/mol. The fraction of sp³-hybridized carbons (Fsp3) is 0.583. The molecule has 88 valence electrons. The third kappa shape index (κ3) is 2.27. The molecule has 0 atom stereocenters. The van der Waals surface area contributed by atoms with Crippen molar-refractivity contribution in [1.82, 2.24) is 4.98 Å². The summed E-state index contributed by atoms with van der Waals surface area (Å²) in [5, 5.41) is 3.37. The standard InChI is InChI=1S/C12H18N2O2/c1-15-11-8-10(4-7-13-11)14-9-12(16-2)5-3-6-12/h4,7-8H,3,5-6,9H2,1-2H3,(H,13,14). The summed E-state index contributed by atoms with van der Waals surface area (Å²) >= 11 is 0. The van der Waals surface area contributed by atoms with E-state index in [2.05, 4.69) is 10.3 Å². The molecule has 0 radical (unpaired) electrons. The lowest BCUT2D eigenvalue weighted by atomic mass is 9.80. The maximum absolute atomic E-state index is 5.54. The Morgan fingerprint density at radius 2 is 2.25 bits per heavy atom. The molecule has 0 bridgehead atoms. The van der Waals surface area contributed by atoms with E-state index < -0.39 is 0 Å². The van der Waals surface area contributed by atoms with E-state index in [0.717, 1.165) is 25.1 Å². The van der Waals surface area contributed by atoms with Crippen LogP contribution < -0.4 is 10.1 Å². The topological polar surface area (TPSA) is 43.4 Å². The lowest BCUT2D eigenvalue weighted by molar-refractivity contribution is -0.0601. The first-order valence-electron chi connectivity index (χ1n) is 5.57. The molecule has 1 saturated carbocycles. The van der Waals surface area contributed by atoms with Crippen LogP contribution in [-0.4, -0.2) is 31.3 Å². The number of aromatic nitrogens is 1. The van der Waals surface area contributed by atoms with Crippen LogP contribution in [0.1, 0.15) is 19.3 Å². The second kappa shape index (κ2) is 4.70. The number of methoxy groups -OCH3 is 2. The van der Waals surface area contributed by atoms with Crippen LogP contribution in [0.25, 0.3) is 0 Å². The molecule has 16 heavy (non-hydrogen) atoms. The zero-order chi connectivity index (χ0) is 11.4. The molecule has 1 N–H and O–H groups in total. The molecule has 0 aromatic carbocycles. The SMILES string of the molecule is COc1cc(NCC2(OC)CCC2)ccn1. The summed E-state index contributed by atoms with van der Waals surface area (Å²) in [7, 11) is 3.41. The maximum atomic E-state index is 5.54. The zero-order valence-corrected chi connectivity index (χ0v) is 9.82. The Morgan fingerprint density at radius 3 is 2.81 bits per heavy atom. The van der Waals surface area contributed by atoms with Crippen LogP contribution in [0.15, 0.2) is 18.3 Å². The third-order valence-electron chi connectivity index (χ3n) is 3.26. The van der Waals surface area contributed by atoms with E-state index in [4.69, 9.17) is 9.47 Å². The van der Waals surface area contributed by atoms with Gasteiger partial charge in [-0.3, -0.25) is 0 Å². The van der Waals surface area contributed by atoms with E-state index in [-0.39, 0.29) is 5.60 Å². The first kappa shape index (κ1) is 11.2. The predicted molar refractivity (Wildman–Crippen MR) is 62.9 cm³/mol. The van der Waals surface area contributed by atoms with Crippen LogP contribution >= 0.6 is 0 Å². The molecule has 0 amide bonds. The van der Waals surface area contributed by atoms with E-state index in [1.54, 1.807) is 20.4 Å². The summed E-state index contributed by atoms with van der Waals surface area (Å²) in [6.45, 7) is 0.844. The molecule has 1 heterocycles. The molecule has 1 aromatic heterocycles. The largest absolute Gasteiger partial charge is 0.481 e. The third-order valence-corrected chi connectivity index (χ3v) is 3.26. The van der Waals surface area contributed by atoms with E-state index in [1.807, 2.05) is 12.1 Å². The van der Waals surface area contributed by atoms with Gasteiger partial charge in [-0.2, -0.15) is 0 Å². The molecule has 0 saturated heterocycles. The molecule has 4 nitrogen and oxygen atoms in total. The molecule has 1 aromatic rings. The minimum Gasteiger partial charge on any atom is -0.481 e. The highest BCUT2D eigenvalue weighted by Crippen LogP contribution is 2.35. The number of anilines is 1. The zero-order valence-electron chi connectivity index (χ0n) is 9.82. The van der Waals surface area contributed by atoms with Crippen molar-refractivity contribution in [2.75, 3.05) is 26.1 Å². The average Bonchev–Trinajstić information content (AvgIpc) is 2.29. The Balaban J connectivity index is 1.93. The number of hydrogen-bond acceptors (Lipinski definition) is 4. The second-order valence-electron chi connectivity index (χ2n) is 4.18. The van der Waals surface area contributed by atoms with Gasteiger partial charge in [0.15, 0.2) is 0 Å². The number of hydrogen-bond donors (Lipinski definition) is 1. The summed E-state index contributed by atoms with van der Waals surface area (Å²) in [5.41, 5.74) is 1.06. The molecule has 0 spiro atoms. The van der Waals surface area contributed by atoms with Crippen LogP contribution in [0.4, 0.5) is 5.69 Å². The lowest BCUT2D eigenvalue weighted by Crippen LogP contribution is -2.45. The van der Waals surface area contributed by atoms with Crippen LogP contribution in [0, 0.1) is 0 Å². The van der Waals surface area contributed by atoms with Gasteiger partial charge in [0, 0.05) is 31.6 Å². The van der Waals surface area contributed by atoms with E-state index in [0.29, 0.717) is 5.88 Å². The van der Waals surface area contributed by atoms with Crippen molar-refractivity contribution in [1.29, 1.82) is 0 Å². The number of pyridine rings is 1. The predicted octanol–water partition coefficient (Wildman–Crippen LogP) is 2.07. The van der Waals surface area contributed by atoms with Gasteiger partial charge >= 0.3 is 0 Å². The fourth-order valence-electron chi connectivity index (χ4n) is 1.92. The first-order valence-corrected chi connectivity index (χ1v) is 5.57. The van der Waals surface area contributed by atoms with Gasteiger partial charge in [-0.1, -0.05) is 0 Å².